The Hall–Kier alpha value is -2.67. The smallest absolute Gasteiger partial charge is 0.236 e. The summed E-state index contributed by atoms with van der Waals surface area (Å²) in [4.78, 5) is 11.1. The summed E-state index contributed by atoms with van der Waals surface area (Å²) in [6, 6.07) is 13.6. The number of amidine groups is 1. The summed E-state index contributed by atoms with van der Waals surface area (Å²) in [7, 11) is 0. The highest BCUT2D eigenvalue weighted by Crippen LogP contribution is 2.16. The number of rotatable bonds is 5. The number of ether oxygens (including phenoxy) is 1. The predicted molar refractivity (Wildman–Crippen MR) is 92.8 cm³/mol. The van der Waals surface area contributed by atoms with E-state index in [9.17, 15) is 9.18 Å². The second-order valence-electron chi connectivity index (χ2n) is 4.93. The highest BCUT2D eigenvalue weighted by molar-refractivity contribution is 8.15. The van der Waals surface area contributed by atoms with Crippen molar-refractivity contribution in [2.75, 3.05) is 5.75 Å². The molecular weight excluding hydrogens is 329 g/mol. The molecule has 1 heterocycles. The number of hydrogen-bond donors (Lipinski definition) is 1. The first-order valence-corrected chi connectivity index (χ1v) is 8.19. The Morgan fingerprint density at radius 3 is 2.92 bits per heavy atom. The fraction of sp³-hybridized carbons (Fsp3) is 0.118. The Morgan fingerprint density at radius 2 is 2.12 bits per heavy atom. The topological polar surface area (TPSA) is 63.0 Å². The summed E-state index contributed by atoms with van der Waals surface area (Å²) in [6.45, 7) is 0.285. The number of thioether (sulfide) groups is 1. The van der Waals surface area contributed by atoms with E-state index >= 15 is 0 Å². The van der Waals surface area contributed by atoms with Crippen LogP contribution in [0.25, 0.3) is 0 Å². The predicted octanol–water partition coefficient (Wildman–Crippen LogP) is 2.96. The van der Waals surface area contributed by atoms with Crippen molar-refractivity contribution >= 4 is 29.1 Å². The maximum atomic E-state index is 13.2. The second-order valence-corrected chi connectivity index (χ2v) is 5.90. The number of halogens is 1. The number of carbonyl (C=O) groups excluding carboxylic acids is 1. The normalized spacial score (nSPS) is 15.9. The molecule has 0 aromatic heterocycles. The Labute approximate surface area is 142 Å². The minimum atomic E-state index is -0.339. The minimum Gasteiger partial charge on any atom is -0.489 e. The van der Waals surface area contributed by atoms with Crippen molar-refractivity contribution in [1.29, 1.82) is 0 Å². The van der Waals surface area contributed by atoms with E-state index < -0.39 is 0 Å². The molecule has 1 fully saturated rings. The molecule has 2 aromatic carbocycles. The molecule has 122 valence electrons. The quantitative estimate of drug-likeness (QED) is 0.671. The molecule has 0 bridgehead atoms. The van der Waals surface area contributed by atoms with E-state index in [0.29, 0.717) is 16.7 Å². The molecular formula is C17H14FN3O2S. The molecule has 1 aliphatic heterocycles. The van der Waals surface area contributed by atoms with Crippen LogP contribution < -0.4 is 10.1 Å². The van der Waals surface area contributed by atoms with Crippen molar-refractivity contribution in [2.24, 2.45) is 10.2 Å². The van der Waals surface area contributed by atoms with Gasteiger partial charge in [-0.15, -0.1) is 5.10 Å². The van der Waals surface area contributed by atoms with Gasteiger partial charge < -0.3 is 10.1 Å². The van der Waals surface area contributed by atoms with Crippen molar-refractivity contribution in [3.05, 3.63) is 65.5 Å². The fourth-order valence-corrected chi connectivity index (χ4v) is 2.66. The SMILES string of the molecule is O=C1CSC(=NN=Cc2ccccc2COc2cccc(F)c2)N1. The molecule has 0 saturated carbocycles. The zero-order chi connectivity index (χ0) is 16.8. The lowest BCUT2D eigenvalue weighted by Gasteiger charge is -2.08. The summed E-state index contributed by atoms with van der Waals surface area (Å²) in [5.74, 6) is 0.422. The summed E-state index contributed by atoms with van der Waals surface area (Å²) in [5.41, 5.74) is 1.74. The molecule has 7 heteroatoms. The van der Waals surface area contributed by atoms with E-state index in [2.05, 4.69) is 15.5 Å². The van der Waals surface area contributed by atoms with Crippen molar-refractivity contribution in [1.82, 2.24) is 5.32 Å². The van der Waals surface area contributed by atoms with Crippen molar-refractivity contribution < 1.29 is 13.9 Å². The Kier molecular flexibility index (Phi) is 5.22. The van der Waals surface area contributed by atoms with Crippen LogP contribution in [0.15, 0.2) is 58.7 Å². The van der Waals surface area contributed by atoms with E-state index in [1.165, 1.54) is 23.9 Å². The first-order chi connectivity index (χ1) is 11.7. The van der Waals surface area contributed by atoms with Gasteiger partial charge in [-0.3, -0.25) is 4.79 Å². The molecule has 24 heavy (non-hydrogen) atoms. The van der Waals surface area contributed by atoms with E-state index in [-0.39, 0.29) is 18.3 Å². The van der Waals surface area contributed by atoms with E-state index in [4.69, 9.17) is 4.74 Å². The number of nitrogens with zero attached hydrogens (tertiary/aromatic N) is 2. The van der Waals surface area contributed by atoms with Gasteiger partial charge in [0.15, 0.2) is 5.17 Å². The molecule has 0 aliphatic carbocycles. The first-order valence-electron chi connectivity index (χ1n) is 7.21. The first kappa shape index (κ1) is 16.2. The van der Waals surface area contributed by atoms with Crippen LogP contribution in [0.1, 0.15) is 11.1 Å². The lowest BCUT2D eigenvalue weighted by molar-refractivity contribution is -0.116. The van der Waals surface area contributed by atoms with Crippen LogP contribution >= 0.6 is 11.8 Å². The zero-order valence-electron chi connectivity index (χ0n) is 12.6. The summed E-state index contributed by atoms with van der Waals surface area (Å²) < 4.78 is 18.8. The number of hydrogen-bond acceptors (Lipinski definition) is 5. The van der Waals surface area contributed by atoms with Crippen molar-refractivity contribution in [2.45, 2.75) is 6.61 Å². The van der Waals surface area contributed by atoms with E-state index in [1.807, 2.05) is 24.3 Å². The van der Waals surface area contributed by atoms with Crippen LogP contribution in [0.2, 0.25) is 0 Å². The van der Waals surface area contributed by atoms with Gasteiger partial charge in [0, 0.05) is 11.6 Å². The summed E-state index contributed by atoms with van der Waals surface area (Å²) in [5, 5.41) is 11.1. The van der Waals surface area contributed by atoms with Crippen LogP contribution in [-0.4, -0.2) is 23.0 Å². The molecule has 2 aromatic rings. The highest BCUT2D eigenvalue weighted by atomic mass is 32.2. The maximum Gasteiger partial charge on any atom is 0.236 e. The minimum absolute atomic E-state index is 0.0714. The van der Waals surface area contributed by atoms with Gasteiger partial charge in [0.05, 0.1) is 12.0 Å². The highest BCUT2D eigenvalue weighted by Gasteiger charge is 2.15. The molecule has 1 amide bonds. The van der Waals surface area contributed by atoms with Gasteiger partial charge in [-0.1, -0.05) is 42.1 Å². The van der Waals surface area contributed by atoms with Gasteiger partial charge in [0.25, 0.3) is 0 Å². The molecule has 5 nitrogen and oxygen atoms in total. The average Bonchev–Trinajstić information content (AvgIpc) is 2.99. The largest absolute Gasteiger partial charge is 0.489 e. The Balaban J connectivity index is 1.67. The molecule has 0 radical (unpaired) electrons. The van der Waals surface area contributed by atoms with Gasteiger partial charge >= 0.3 is 0 Å². The fourth-order valence-electron chi connectivity index (χ4n) is 2.03. The molecule has 0 unspecified atom stereocenters. The van der Waals surface area contributed by atoms with Crippen molar-refractivity contribution in [3.8, 4) is 5.75 Å². The zero-order valence-corrected chi connectivity index (χ0v) is 13.4. The summed E-state index contributed by atoms with van der Waals surface area (Å²) in [6.07, 6.45) is 1.60. The lowest BCUT2D eigenvalue weighted by atomic mass is 10.1. The Bertz CT molecular complexity index is 808. The van der Waals surface area contributed by atoms with Gasteiger partial charge in [-0.25, -0.2) is 4.39 Å². The summed E-state index contributed by atoms with van der Waals surface area (Å²) >= 11 is 1.31. The number of carbonyl (C=O) groups is 1. The molecule has 1 saturated heterocycles. The standard InChI is InChI=1S/C17H14FN3O2S/c18-14-6-3-7-15(8-14)23-10-13-5-2-1-4-12(13)9-19-21-17-20-16(22)11-24-17/h1-9H,10-11H2,(H,20,21,22). The maximum absolute atomic E-state index is 13.2. The Morgan fingerprint density at radius 1 is 1.25 bits per heavy atom. The molecule has 0 atom stereocenters. The molecule has 3 rings (SSSR count). The average molecular weight is 343 g/mol. The van der Waals surface area contributed by atoms with Gasteiger partial charge in [0.1, 0.15) is 18.2 Å². The number of nitrogens with one attached hydrogen (secondary N) is 1. The van der Waals surface area contributed by atoms with Crippen LogP contribution in [0.5, 0.6) is 5.75 Å². The molecule has 1 N–H and O–H groups in total. The van der Waals surface area contributed by atoms with Gasteiger partial charge in [-0.05, 0) is 17.7 Å². The van der Waals surface area contributed by atoms with Crippen molar-refractivity contribution in [3.63, 3.8) is 0 Å². The number of benzene rings is 2. The third-order valence-electron chi connectivity index (χ3n) is 3.18. The third-order valence-corrected chi connectivity index (χ3v) is 4.04. The number of amides is 1. The molecule has 1 aliphatic rings. The van der Waals surface area contributed by atoms with Crippen LogP contribution in [0.4, 0.5) is 4.39 Å². The van der Waals surface area contributed by atoms with Gasteiger partial charge in [0.2, 0.25) is 5.91 Å². The lowest BCUT2D eigenvalue weighted by Crippen LogP contribution is -2.19. The van der Waals surface area contributed by atoms with Crippen LogP contribution in [0, 0.1) is 5.82 Å². The van der Waals surface area contributed by atoms with Gasteiger partial charge in [-0.2, -0.15) is 5.10 Å². The van der Waals surface area contributed by atoms with E-state index in [1.54, 1.807) is 18.3 Å². The second kappa shape index (κ2) is 7.74. The molecule has 0 spiro atoms. The monoisotopic (exact) mass is 343 g/mol. The van der Waals surface area contributed by atoms with Crippen LogP contribution in [0.3, 0.4) is 0 Å². The van der Waals surface area contributed by atoms with E-state index in [0.717, 1.165) is 11.1 Å². The van der Waals surface area contributed by atoms with Crippen LogP contribution in [-0.2, 0) is 11.4 Å². The third kappa shape index (κ3) is 4.42.